The second kappa shape index (κ2) is 8.43. The van der Waals surface area contributed by atoms with Gasteiger partial charge in [0, 0.05) is 0 Å². The van der Waals surface area contributed by atoms with Crippen molar-refractivity contribution in [3.05, 3.63) is 34.9 Å². The maximum atomic E-state index is 6.04. The van der Waals surface area contributed by atoms with E-state index in [4.69, 9.17) is 4.74 Å². The normalized spacial score (nSPS) is 14.6. The van der Waals surface area contributed by atoms with Crippen molar-refractivity contribution in [3.8, 4) is 0 Å². The Morgan fingerprint density at radius 3 is 2.15 bits per heavy atom. The van der Waals surface area contributed by atoms with E-state index < -0.39 is 0 Å². The van der Waals surface area contributed by atoms with Crippen molar-refractivity contribution in [1.29, 1.82) is 0 Å². The number of benzene rings is 1. The zero-order valence-corrected chi connectivity index (χ0v) is 14.0. The van der Waals surface area contributed by atoms with Crippen LogP contribution in [0.15, 0.2) is 18.2 Å². The maximum absolute atomic E-state index is 6.04. The van der Waals surface area contributed by atoms with E-state index in [-0.39, 0.29) is 6.04 Å². The lowest BCUT2D eigenvalue weighted by Gasteiger charge is -2.23. The van der Waals surface area contributed by atoms with E-state index >= 15 is 0 Å². The van der Waals surface area contributed by atoms with Crippen LogP contribution in [0.25, 0.3) is 0 Å². The van der Waals surface area contributed by atoms with E-state index in [1.165, 1.54) is 16.7 Å². The summed E-state index contributed by atoms with van der Waals surface area (Å²) in [4.78, 5) is 0. The fourth-order valence-electron chi connectivity index (χ4n) is 2.72. The molecule has 0 aliphatic rings. The molecule has 20 heavy (non-hydrogen) atoms. The summed E-state index contributed by atoms with van der Waals surface area (Å²) in [5, 5.41) is 3.54. The first kappa shape index (κ1) is 17.2. The number of hydrogen-bond donors (Lipinski definition) is 1. The lowest BCUT2D eigenvalue weighted by atomic mass is 10.0. The smallest absolute Gasteiger partial charge is 0.0665 e. The van der Waals surface area contributed by atoms with Gasteiger partial charge in [0.1, 0.15) is 0 Å². The largest absolute Gasteiger partial charge is 0.377 e. The number of likely N-dealkylation sites (N-methyl/N-ethyl adjacent to an activating group) is 1. The first-order valence-corrected chi connectivity index (χ1v) is 7.85. The summed E-state index contributed by atoms with van der Waals surface area (Å²) in [5.41, 5.74) is 3.97. The molecule has 0 saturated carbocycles. The molecule has 1 aromatic rings. The van der Waals surface area contributed by atoms with Crippen molar-refractivity contribution in [3.63, 3.8) is 0 Å². The average molecular weight is 277 g/mol. The maximum Gasteiger partial charge on any atom is 0.0665 e. The van der Waals surface area contributed by atoms with E-state index in [1.54, 1.807) is 0 Å². The number of ether oxygens (including phenoxy) is 1. The molecule has 0 spiro atoms. The Balaban J connectivity index is 2.68. The Labute approximate surface area is 124 Å². The van der Waals surface area contributed by atoms with E-state index in [1.807, 2.05) is 0 Å². The van der Waals surface area contributed by atoms with Gasteiger partial charge >= 0.3 is 0 Å². The van der Waals surface area contributed by atoms with Crippen molar-refractivity contribution in [2.75, 3.05) is 13.2 Å². The highest BCUT2D eigenvalue weighted by molar-refractivity contribution is 5.30. The van der Waals surface area contributed by atoms with Gasteiger partial charge in [-0.05, 0) is 45.2 Å². The summed E-state index contributed by atoms with van der Waals surface area (Å²) >= 11 is 0. The second-order valence-electron chi connectivity index (χ2n) is 6.30. The SMILES string of the molecule is CCNC(COC(C)CC(C)C)c1cc(C)cc(C)c1. The van der Waals surface area contributed by atoms with Crippen molar-refractivity contribution >= 4 is 0 Å². The number of rotatable bonds is 8. The van der Waals surface area contributed by atoms with E-state index in [0.29, 0.717) is 12.0 Å². The van der Waals surface area contributed by atoms with Crippen LogP contribution in [0.4, 0.5) is 0 Å². The molecule has 2 unspecified atom stereocenters. The van der Waals surface area contributed by atoms with Gasteiger partial charge in [0.05, 0.1) is 18.8 Å². The molecule has 0 fully saturated rings. The van der Waals surface area contributed by atoms with Gasteiger partial charge < -0.3 is 10.1 Å². The Morgan fingerprint density at radius 1 is 1.05 bits per heavy atom. The topological polar surface area (TPSA) is 21.3 Å². The summed E-state index contributed by atoms with van der Waals surface area (Å²) in [6.07, 6.45) is 1.44. The summed E-state index contributed by atoms with van der Waals surface area (Å²) in [7, 11) is 0. The van der Waals surface area contributed by atoms with Crippen LogP contribution in [-0.4, -0.2) is 19.3 Å². The number of hydrogen-bond acceptors (Lipinski definition) is 2. The van der Waals surface area contributed by atoms with Gasteiger partial charge in [0.2, 0.25) is 0 Å². The lowest BCUT2D eigenvalue weighted by molar-refractivity contribution is 0.0373. The van der Waals surface area contributed by atoms with Crippen molar-refractivity contribution in [2.24, 2.45) is 5.92 Å². The van der Waals surface area contributed by atoms with Crippen LogP contribution in [0, 0.1) is 19.8 Å². The monoisotopic (exact) mass is 277 g/mol. The first-order chi connectivity index (χ1) is 9.42. The predicted octanol–water partition coefficient (Wildman–Crippen LogP) is 4.41. The minimum atomic E-state index is 0.285. The van der Waals surface area contributed by atoms with Crippen LogP contribution >= 0.6 is 0 Å². The van der Waals surface area contributed by atoms with Gasteiger partial charge in [0.15, 0.2) is 0 Å². The molecule has 0 radical (unpaired) electrons. The molecule has 0 bridgehead atoms. The summed E-state index contributed by atoms with van der Waals surface area (Å²) < 4.78 is 6.04. The zero-order valence-electron chi connectivity index (χ0n) is 14.0. The van der Waals surface area contributed by atoms with Crippen LogP contribution < -0.4 is 5.32 Å². The molecule has 2 nitrogen and oxygen atoms in total. The molecular formula is C18H31NO. The molecule has 0 amide bonds. The highest BCUT2D eigenvalue weighted by atomic mass is 16.5. The van der Waals surface area contributed by atoms with Gasteiger partial charge in [-0.3, -0.25) is 0 Å². The third-order valence-corrected chi connectivity index (χ3v) is 3.45. The van der Waals surface area contributed by atoms with Crippen molar-refractivity contribution in [1.82, 2.24) is 5.32 Å². The number of nitrogens with one attached hydrogen (secondary N) is 1. The minimum Gasteiger partial charge on any atom is -0.377 e. The third-order valence-electron chi connectivity index (χ3n) is 3.45. The Hall–Kier alpha value is -0.860. The van der Waals surface area contributed by atoms with Gasteiger partial charge in [-0.15, -0.1) is 0 Å². The average Bonchev–Trinajstić information content (AvgIpc) is 2.32. The molecule has 1 rings (SSSR count). The van der Waals surface area contributed by atoms with E-state index in [2.05, 4.69) is 65.1 Å². The zero-order chi connectivity index (χ0) is 15.1. The minimum absolute atomic E-state index is 0.285. The van der Waals surface area contributed by atoms with Gasteiger partial charge in [-0.1, -0.05) is 50.1 Å². The predicted molar refractivity (Wildman–Crippen MR) is 87.2 cm³/mol. The van der Waals surface area contributed by atoms with Gasteiger partial charge in [-0.25, -0.2) is 0 Å². The summed E-state index contributed by atoms with van der Waals surface area (Å²) in [5.74, 6) is 0.684. The van der Waals surface area contributed by atoms with Gasteiger partial charge in [-0.2, -0.15) is 0 Å². The van der Waals surface area contributed by atoms with Gasteiger partial charge in [0.25, 0.3) is 0 Å². The van der Waals surface area contributed by atoms with Crippen LogP contribution in [0.1, 0.15) is 56.8 Å². The Kier molecular flexibility index (Phi) is 7.25. The highest BCUT2D eigenvalue weighted by Crippen LogP contribution is 2.19. The van der Waals surface area contributed by atoms with E-state index in [9.17, 15) is 0 Å². The Bertz CT molecular complexity index is 380. The van der Waals surface area contributed by atoms with Crippen molar-refractivity contribution in [2.45, 2.75) is 60.1 Å². The molecule has 1 N–H and O–H groups in total. The molecule has 114 valence electrons. The quantitative estimate of drug-likeness (QED) is 0.760. The molecule has 0 aromatic heterocycles. The van der Waals surface area contributed by atoms with Crippen LogP contribution in [-0.2, 0) is 4.74 Å². The summed E-state index contributed by atoms with van der Waals surface area (Å²) in [6.45, 7) is 14.8. The molecule has 0 heterocycles. The summed E-state index contributed by atoms with van der Waals surface area (Å²) in [6, 6.07) is 7.02. The highest BCUT2D eigenvalue weighted by Gasteiger charge is 2.14. The molecule has 2 heteroatoms. The molecule has 1 aromatic carbocycles. The molecule has 0 aliphatic carbocycles. The standard InChI is InChI=1S/C18H31NO/c1-7-19-18(12-20-16(6)8-13(2)3)17-10-14(4)9-15(5)11-17/h9-11,13,16,18-19H,7-8,12H2,1-6H3. The van der Waals surface area contributed by atoms with Crippen LogP contribution in [0.5, 0.6) is 0 Å². The lowest BCUT2D eigenvalue weighted by Crippen LogP contribution is -2.27. The van der Waals surface area contributed by atoms with E-state index in [0.717, 1.165) is 19.6 Å². The second-order valence-corrected chi connectivity index (χ2v) is 6.30. The van der Waals surface area contributed by atoms with Crippen LogP contribution in [0.3, 0.4) is 0 Å². The number of aryl methyl sites for hydroxylation is 2. The molecular weight excluding hydrogens is 246 g/mol. The first-order valence-electron chi connectivity index (χ1n) is 7.85. The fourth-order valence-corrected chi connectivity index (χ4v) is 2.72. The molecule has 0 aliphatic heterocycles. The molecule has 2 atom stereocenters. The van der Waals surface area contributed by atoms with Crippen LogP contribution in [0.2, 0.25) is 0 Å². The molecule has 0 saturated heterocycles. The fraction of sp³-hybridized carbons (Fsp3) is 0.667. The third kappa shape index (κ3) is 6.06. The van der Waals surface area contributed by atoms with Crippen molar-refractivity contribution < 1.29 is 4.74 Å². The Morgan fingerprint density at radius 2 is 1.65 bits per heavy atom.